The van der Waals surface area contributed by atoms with Gasteiger partial charge in [-0.05, 0) is 49.0 Å². The van der Waals surface area contributed by atoms with E-state index in [2.05, 4.69) is 85.6 Å². The summed E-state index contributed by atoms with van der Waals surface area (Å²) in [5.74, 6) is 0. The summed E-state index contributed by atoms with van der Waals surface area (Å²) in [4.78, 5) is 9.95. The van der Waals surface area contributed by atoms with Crippen molar-refractivity contribution < 1.29 is 4.84 Å². The molecular weight excluding hydrogens is 346 g/mol. The average Bonchev–Trinajstić information content (AvgIpc) is 3.14. The Bertz CT molecular complexity index is 1080. The third kappa shape index (κ3) is 3.36. The fourth-order valence-corrected chi connectivity index (χ4v) is 3.94. The van der Waals surface area contributed by atoms with Crippen molar-refractivity contribution in [3.8, 4) is 11.1 Å². The first kappa shape index (κ1) is 18.5. The zero-order chi connectivity index (χ0) is 19.5. The normalized spacial score (nSPS) is 11.6. The van der Waals surface area contributed by atoms with Gasteiger partial charge in [-0.3, -0.25) is 0 Å². The molecule has 4 aromatic rings. The Kier molecular flexibility index (Phi) is 5.31. The Morgan fingerprint density at radius 1 is 0.929 bits per heavy atom. The van der Waals surface area contributed by atoms with Gasteiger partial charge >= 0.3 is 0 Å². The number of hydrogen-bond acceptors (Lipinski definition) is 3. The fourth-order valence-electron chi connectivity index (χ4n) is 3.94. The molecule has 28 heavy (non-hydrogen) atoms. The number of aromatic nitrogens is 2. The van der Waals surface area contributed by atoms with E-state index in [1.165, 1.54) is 27.5 Å². The van der Waals surface area contributed by atoms with Crippen LogP contribution in [0.1, 0.15) is 18.9 Å². The summed E-state index contributed by atoms with van der Waals surface area (Å²) in [6.07, 6.45) is 3.88. The van der Waals surface area contributed by atoms with E-state index in [-0.39, 0.29) is 0 Å². The Balaban J connectivity index is 1.90. The molecule has 0 amide bonds. The first-order valence-corrected chi connectivity index (χ1v) is 9.95. The second kappa shape index (κ2) is 8.03. The summed E-state index contributed by atoms with van der Waals surface area (Å²) in [7, 11) is 4.16. The molecule has 144 valence electrons. The van der Waals surface area contributed by atoms with Gasteiger partial charge in [0.05, 0.1) is 6.20 Å². The van der Waals surface area contributed by atoms with Crippen LogP contribution in [-0.2, 0) is 6.42 Å². The van der Waals surface area contributed by atoms with E-state index in [0.29, 0.717) is 6.61 Å². The van der Waals surface area contributed by atoms with E-state index in [1.807, 2.05) is 6.20 Å². The molecule has 0 aliphatic rings. The number of aryl methyl sites for hydroxylation is 1. The number of benzene rings is 3. The van der Waals surface area contributed by atoms with Crippen molar-refractivity contribution >= 4 is 21.7 Å². The van der Waals surface area contributed by atoms with Crippen molar-refractivity contribution in [1.29, 1.82) is 0 Å². The molecular formula is C24H27N3O. The maximum atomic E-state index is 6.06. The van der Waals surface area contributed by atoms with Gasteiger partial charge in [-0.25, -0.2) is 0 Å². The molecule has 0 radical (unpaired) electrons. The van der Waals surface area contributed by atoms with Crippen LogP contribution in [0.15, 0.2) is 60.8 Å². The predicted molar refractivity (Wildman–Crippen MR) is 117 cm³/mol. The van der Waals surface area contributed by atoms with Crippen LogP contribution in [0.4, 0.5) is 0 Å². The Morgan fingerprint density at radius 3 is 2.36 bits per heavy atom. The van der Waals surface area contributed by atoms with Gasteiger partial charge in [-0.2, -0.15) is 0 Å². The largest absolute Gasteiger partial charge is 0.396 e. The van der Waals surface area contributed by atoms with Crippen LogP contribution in [0.5, 0.6) is 0 Å². The van der Waals surface area contributed by atoms with Gasteiger partial charge in [0.1, 0.15) is 12.1 Å². The molecule has 0 saturated heterocycles. The van der Waals surface area contributed by atoms with Gasteiger partial charge < -0.3 is 9.74 Å². The molecule has 4 heteroatoms. The van der Waals surface area contributed by atoms with Crippen LogP contribution in [0.25, 0.3) is 32.8 Å². The van der Waals surface area contributed by atoms with E-state index in [1.54, 1.807) is 4.85 Å². The summed E-state index contributed by atoms with van der Waals surface area (Å²) in [6.45, 7) is 3.86. The van der Waals surface area contributed by atoms with Gasteiger partial charge in [0.15, 0.2) is 0 Å². The third-order valence-electron chi connectivity index (χ3n) is 5.20. The minimum atomic E-state index is 0.638. The lowest BCUT2D eigenvalue weighted by atomic mass is 9.89. The van der Waals surface area contributed by atoms with Crippen molar-refractivity contribution in [1.82, 2.24) is 14.8 Å². The highest BCUT2D eigenvalue weighted by atomic mass is 16.7. The smallest absolute Gasteiger partial charge is 0.118 e. The van der Waals surface area contributed by atoms with Crippen LogP contribution in [0, 0.1) is 0 Å². The van der Waals surface area contributed by atoms with E-state index in [4.69, 9.17) is 4.84 Å². The van der Waals surface area contributed by atoms with Crippen molar-refractivity contribution in [2.24, 2.45) is 0 Å². The highest BCUT2D eigenvalue weighted by molar-refractivity contribution is 6.14. The Labute approximate surface area is 166 Å². The molecule has 0 saturated carbocycles. The minimum Gasteiger partial charge on any atom is -0.396 e. The van der Waals surface area contributed by atoms with Gasteiger partial charge in [0.2, 0.25) is 0 Å². The maximum Gasteiger partial charge on any atom is 0.118 e. The standard InChI is InChI=1S/C24H27N3O/c1-4-19-20-13-8-9-14-21(20)24-22(23(19)18-11-6-5-7-12-18)17-25-27(24)28-16-10-15-26(2)3/h5-9,11-14,17H,4,10,15-16H2,1-3H3. The van der Waals surface area contributed by atoms with Gasteiger partial charge in [-0.15, -0.1) is 5.10 Å². The number of fused-ring (bicyclic) bond motifs is 3. The molecule has 3 aromatic carbocycles. The first-order chi connectivity index (χ1) is 13.7. The Morgan fingerprint density at radius 2 is 1.64 bits per heavy atom. The molecule has 0 fully saturated rings. The molecule has 1 aromatic heterocycles. The summed E-state index contributed by atoms with van der Waals surface area (Å²) in [5.41, 5.74) is 4.90. The van der Waals surface area contributed by atoms with Crippen molar-refractivity contribution in [2.45, 2.75) is 19.8 Å². The number of nitrogens with zero attached hydrogens (tertiary/aromatic N) is 3. The summed E-state index contributed by atoms with van der Waals surface area (Å²) >= 11 is 0. The van der Waals surface area contributed by atoms with E-state index < -0.39 is 0 Å². The van der Waals surface area contributed by atoms with Gasteiger partial charge in [0, 0.05) is 17.3 Å². The lowest BCUT2D eigenvalue weighted by Gasteiger charge is -2.16. The molecule has 0 aliphatic heterocycles. The quantitative estimate of drug-likeness (QED) is 0.436. The molecule has 4 nitrogen and oxygen atoms in total. The van der Waals surface area contributed by atoms with E-state index in [0.717, 1.165) is 30.3 Å². The molecule has 0 bridgehead atoms. The molecule has 0 spiro atoms. The molecule has 4 rings (SSSR count). The number of hydrogen-bond donors (Lipinski definition) is 0. The van der Waals surface area contributed by atoms with Crippen molar-refractivity contribution in [2.75, 3.05) is 27.2 Å². The Hall–Kier alpha value is -2.85. The second-order valence-electron chi connectivity index (χ2n) is 7.39. The average molecular weight is 374 g/mol. The van der Waals surface area contributed by atoms with Crippen molar-refractivity contribution in [3.63, 3.8) is 0 Å². The minimum absolute atomic E-state index is 0.638. The zero-order valence-electron chi connectivity index (χ0n) is 16.9. The molecule has 0 unspecified atom stereocenters. The fraction of sp³-hybridized carbons (Fsp3) is 0.292. The van der Waals surface area contributed by atoms with E-state index in [9.17, 15) is 0 Å². The summed E-state index contributed by atoms with van der Waals surface area (Å²) < 4.78 is 0. The van der Waals surface area contributed by atoms with Crippen LogP contribution in [0.3, 0.4) is 0 Å². The predicted octanol–water partition coefficient (Wildman–Crippen LogP) is 4.80. The molecule has 0 aliphatic carbocycles. The monoisotopic (exact) mass is 373 g/mol. The first-order valence-electron chi connectivity index (χ1n) is 9.95. The lowest BCUT2D eigenvalue weighted by molar-refractivity contribution is 0.0866. The third-order valence-corrected chi connectivity index (χ3v) is 5.20. The molecule has 1 heterocycles. The maximum absolute atomic E-state index is 6.06. The molecule has 0 atom stereocenters. The summed E-state index contributed by atoms with van der Waals surface area (Å²) in [5, 5.41) is 8.22. The topological polar surface area (TPSA) is 30.3 Å². The van der Waals surface area contributed by atoms with Crippen LogP contribution in [0.2, 0.25) is 0 Å². The SMILES string of the molecule is CCc1c(-c2ccccc2)c2cnn(OCCCN(C)C)c2c2ccccc12. The van der Waals surface area contributed by atoms with Crippen LogP contribution >= 0.6 is 0 Å². The van der Waals surface area contributed by atoms with Crippen molar-refractivity contribution in [3.05, 3.63) is 66.4 Å². The van der Waals surface area contributed by atoms with Crippen LogP contribution in [-0.4, -0.2) is 42.1 Å². The summed E-state index contributed by atoms with van der Waals surface area (Å²) in [6, 6.07) is 19.2. The zero-order valence-corrected chi connectivity index (χ0v) is 16.9. The van der Waals surface area contributed by atoms with Gasteiger partial charge in [-0.1, -0.05) is 66.4 Å². The lowest BCUT2D eigenvalue weighted by Crippen LogP contribution is -2.20. The highest BCUT2D eigenvalue weighted by Crippen LogP contribution is 2.39. The highest BCUT2D eigenvalue weighted by Gasteiger charge is 2.18. The molecule has 0 N–H and O–H groups in total. The number of rotatable bonds is 7. The van der Waals surface area contributed by atoms with Crippen LogP contribution < -0.4 is 4.84 Å². The van der Waals surface area contributed by atoms with E-state index >= 15 is 0 Å². The second-order valence-corrected chi connectivity index (χ2v) is 7.39. The van der Waals surface area contributed by atoms with Gasteiger partial charge in [0.25, 0.3) is 0 Å².